The average Bonchev–Trinajstić information content (AvgIpc) is 2.81. The molecule has 4 nitrogen and oxygen atoms in total. The molecular weight excluding hydrogens is 421 g/mol. The molecule has 2 rings (SSSR count). The summed E-state index contributed by atoms with van der Waals surface area (Å²) in [5.74, 6) is 0. The van der Waals surface area contributed by atoms with Crippen molar-refractivity contribution < 1.29 is 4.74 Å². The van der Waals surface area contributed by atoms with Crippen molar-refractivity contribution in [1.82, 2.24) is 15.1 Å². The summed E-state index contributed by atoms with van der Waals surface area (Å²) in [6.07, 6.45) is 1.67. The summed E-state index contributed by atoms with van der Waals surface area (Å²) < 4.78 is 9.03. The first-order valence-electron chi connectivity index (χ1n) is 6.40. The number of hydrogen-bond donors (Lipinski definition) is 1. The van der Waals surface area contributed by atoms with Crippen LogP contribution in [0.3, 0.4) is 0 Å². The van der Waals surface area contributed by atoms with Crippen molar-refractivity contribution in [2.45, 2.75) is 12.6 Å². The van der Waals surface area contributed by atoms with E-state index in [0.29, 0.717) is 18.2 Å². The van der Waals surface area contributed by atoms with Crippen molar-refractivity contribution in [3.63, 3.8) is 0 Å². The van der Waals surface area contributed by atoms with Crippen molar-refractivity contribution in [1.29, 1.82) is 0 Å². The predicted molar refractivity (Wildman–Crippen MR) is 91.9 cm³/mol. The Labute approximate surface area is 146 Å². The van der Waals surface area contributed by atoms with Gasteiger partial charge >= 0.3 is 0 Å². The fourth-order valence-corrected chi connectivity index (χ4v) is 3.72. The Balaban J connectivity index is 2.43. The van der Waals surface area contributed by atoms with E-state index in [9.17, 15) is 0 Å². The van der Waals surface area contributed by atoms with Crippen molar-refractivity contribution in [3.05, 3.63) is 49.6 Å². The van der Waals surface area contributed by atoms with Crippen LogP contribution in [0.25, 0.3) is 0 Å². The molecule has 0 saturated heterocycles. The maximum absolute atomic E-state index is 6.34. The van der Waals surface area contributed by atoms with E-state index in [4.69, 9.17) is 16.3 Å². The first kappa shape index (κ1) is 17.0. The topological polar surface area (TPSA) is 39.1 Å². The molecule has 7 heteroatoms. The minimum Gasteiger partial charge on any atom is -0.383 e. The number of nitrogens with zero attached hydrogens (tertiary/aromatic N) is 2. The van der Waals surface area contributed by atoms with Gasteiger partial charge in [-0.05, 0) is 24.7 Å². The van der Waals surface area contributed by atoms with Crippen LogP contribution in [0.1, 0.15) is 17.3 Å². The SMILES string of the molecule is CNC(c1ccc(Br)cc1Br)c1c(Cl)cnn1CCOC. The van der Waals surface area contributed by atoms with Crippen LogP contribution in [0.2, 0.25) is 5.02 Å². The lowest BCUT2D eigenvalue weighted by Crippen LogP contribution is -2.23. The summed E-state index contributed by atoms with van der Waals surface area (Å²) >= 11 is 13.4. The zero-order chi connectivity index (χ0) is 15.4. The Morgan fingerprint density at radius 2 is 2.19 bits per heavy atom. The Hall–Kier alpha value is -0.400. The van der Waals surface area contributed by atoms with Gasteiger partial charge in [-0.1, -0.05) is 49.5 Å². The highest BCUT2D eigenvalue weighted by Crippen LogP contribution is 2.33. The summed E-state index contributed by atoms with van der Waals surface area (Å²) in [7, 11) is 3.58. The standard InChI is InChI=1S/C14H16Br2ClN3O/c1-18-13(10-4-3-9(15)7-11(10)16)14-12(17)8-19-20(14)5-6-21-2/h3-4,7-8,13,18H,5-6H2,1-2H3. The lowest BCUT2D eigenvalue weighted by Gasteiger charge is -2.20. The molecule has 1 atom stereocenters. The molecule has 0 saturated carbocycles. The summed E-state index contributed by atoms with van der Waals surface area (Å²) in [4.78, 5) is 0. The smallest absolute Gasteiger partial charge is 0.0837 e. The molecule has 0 bridgehead atoms. The van der Waals surface area contributed by atoms with Crippen molar-refractivity contribution in [2.24, 2.45) is 0 Å². The van der Waals surface area contributed by atoms with Crippen LogP contribution >= 0.6 is 43.5 Å². The monoisotopic (exact) mass is 435 g/mol. The van der Waals surface area contributed by atoms with Crippen LogP contribution in [-0.2, 0) is 11.3 Å². The maximum Gasteiger partial charge on any atom is 0.0837 e. The molecule has 1 aromatic carbocycles. The van der Waals surface area contributed by atoms with Crippen LogP contribution in [0.4, 0.5) is 0 Å². The van der Waals surface area contributed by atoms with Crippen LogP contribution in [0.15, 0.2) is 33.3 Å². The van der Waals surface area contributed by atoms with E-state index < -0.39 is 0 Å². The highest BCUT2D eigenvalue weighted by Gasteiger charge is 2.22. The molecule has 0 aliphatic heterocycles. The number of nitrogens with one attached hydrogen (secondary N) is 1. The zero-order valence-electron chi connectivity index (χ0n) is 11.7. The van der Waals surface area contributed by atoms with Crippen molar-refractivity contribution in [3.8, 4) is 0 Å². The molecule has 21 heavy (non-hydrogen) atoms. The second-order valence-electron chi connectivity index (χ2n) is 4.48. The van der Waals surface area contributed by atoms with Crippen molar-refractivity contribution in [2.75, 3.05) is 20.8 Å². The minimum absolute atomic E-state index is 0.0562. The second-order valence-corrected chi connectivity index (χ2v) is 6.66. The van der Waals surface area contributed by atoms with E-state index in [1.54, 1.807) is 13.3 Å². The van der Waals surface area contributed by atoms with Crippen LogP contribution in [0, 0.1) is 0 Å². The number of rotatable bonds is 6. The van der Waals surface area contributed by atoms with Crippen LogP contribution in [0.5, 0.6) is 0 Å². The number of ether oxygens (including phenoxy) is 1. The van der Waals surface area contributed by atoms with E-state index in [0.717, 1.165) is 20.2 Å². The van der Waals surface area contributed by atoms with Gasteiger partial charge in [-0.3, -0.25) is 4.68 Å². The van der Waals surface area contributed by atoms with Gasteiger partial charge in [0.15, 0.2) is 0 Å². The van der Waals surface area contributed by atoms with E-state index in [1.165, 1.54) is 0 Å². The van der Waals surface area contributed by atoms with Gasteiger partial charge in [0.2, 0.25) is 0 Å². The fraction of sp³-hybridized carbons (Fsp3) is 0.357. The van der Waals surface area contributed by atoms with Crippen LogP contribution in [-0.4, -0.2) is 30.5 Å². The Morgan fingerprint density at radius 1 is 1.43 bits per heavy atom. The first-order valence-corrected chi connectivity index (χ1v) is 8.37. The number of benzene rings is 1. The molecule has 0 aliphatic carbocycles. The molecule has 0 amide bonds. The van der Waals surface area contributed by atoms with Gasteiger partial charge in [0.1, 0.15) is 0 Å². The predicted octanol–water partition coefficient (Wildman–Crippen LogP) is 4.02. The van der Waals surface area contributed by atoms with E-state index in [1.807, 2.05) is 23.9 Å². The number of hydrogen-bond acceptors (Lipinski definition) is 3. The van der Waals surface area contributed by atoms with E-state index in [2.05, 4.69) is 48.3 Å². The molecule has 0 radical (unpaired) electrons. The zero-order valence-corrected chi connectivity index (χ0v) is 15.7. The molecule has 1 aromatic heterocycles. The van der Waals surface area contributed by atoms with Gasteiger partial charge in [-0.15, -0.1) is 0 Å². The number of halogens is 3. The Kier molecular flexibility index (Phi) is 6.25. The highest BCUT2D eigenvalue weighted by atomic mass is 79.9. The molecule has 2 aromatic rings. The van der Waals surface area contributed by atoms with Crippen molar-refractivity contribution >= 4 is 43.5 Å². The fourth-order valence-electron chi connectivity index (χ4n) is 2.19. The van der Waals surface area contributed by atoms with Gasteiger partial charge < -0.3 is 10.1 Å². The second kappa shape index (κ2) is 7.74. The molecule has 0 spiro atoms. The summed E-state index contributed by atoms with van der Waals surface area (Å²) in [5, 5.41) is 8.28. The highest BCUT2D eigenvalue weighted by molar-refractivity contribution is 9.11. The van der Waals surface area contributed by atoms with Gasteiger partial charge in [0.05, 0.1) is 36.1 Å². The third-order valence-electron chi connectivity index (χ3n) is 3.18. The third-order valence-corrected chi connectivity index (χ3v) is 4.65. The number of methoxy groups -OCH3 is 1. The molecule has 1 unspecified atom stereocenters. The minimum atomic E-state index is -0.0562. The van der Waals surface area contributed by atoms with Gasteiger partial charge in [-0.25, -0.2) is 0 Å². The maximum atomic E-state index is 6.34. The lowest BCUT2D eigenvalue weighted by atomic mass is 10.0. The molecule has 1 heterocycles. The molecule has 0 aliphatic rings. The quantitative estimate of drug-likeness (QED) is 0.742. The normalized spacial score (nSPS) is 12.6. The molecule has 114 valence electrons. The number of aromatic nitrogens is 2. The average molecular weight is 438 g/mol. The Morgan fingerprint density at radius 3 is 2.81 bits per heavy atom. The molecular formula is C14H16Br2ClN3O. The van der Waals surface area contributed by atoms with E-state index in [-0.39, 0.29) is 6.04 Å². The summed E-state index contributed by atoms with van der Waals surface area (Å²) in [6.45, 7) is 1.24. The van der Waals surface area contributed by atoms with Crippen LogP contribution < -0.4 is 5.32 Å². The third kappa shape index (κ3) is 3.87. The molecule has 1 N–H and O–H groups in total. The van der Waals surface area contributed by atoms with E-state index >= 15 is 0 Å². The first-order chi connectivity index (χ1) is 10.1. The summed E-state index contributed by atoms with van der Waals surface area (Å²) in [5.41, 5.74) is 2.03. The molecule has 0 fully saturated rings. The lowest BCUT2D eigenvalue weighted by molar-refractivity contribution is 0.182. The summed E-state index contributed by atoms with van der Waals surface area (Å²) in [6, 6.07) is 6.02. The van der Waals surface area contributed by atoms with Gasteiger partial charge in [-0.2, -0.15) is 5.10 Å². The van der Waals surface area contributed by atoms with Gasteiger partial charge in [0, 0.05) is 16.1 Å². The van der Waals surface area contributed by atoms with Gasteiger partial charge in [0.25, 0.3) is 0 Å². The Bertz CT molecular complexity index is 618. The largest absolute Gasteiger partial charge is 0.383 e.